The minimum Gasteiger partial charge on any atom is -0.472 e. The molecule has 90 valence electrons. The molecule has 17 heavy (non-hydrogen) atoms. The van der Waals surface area contributed by atoms with Gasteiger partial charge in [-0.1, -0.05) is 18.2 Å². The van der Waals surface area contributed by atoms with Crippen molar-refractivity contribution in [2.45, 2.75) is 13.0 Å². The molecule has 0 saturated carbocycles. The molecular formula is C14H18N2O. The first-order chi connectivity index (χ1) is 8.24. The van der Waals surface area contributed by atoms with Crippen LogP contribution in [0.3, 0.4) is 0 Å². The number of anilines is 1. The molecule has 0 aliphatic heterocycles. The zero-order valence-corrected chi connectivity index (χ0v) is 10.3. The van der Waals surface area contributed by atoms with Gasteiger partial charge in [0, 0.05) is 24.8 Å². The Hall–Kier alpha value is -1.74. The minimum absolute atomic E-state index is 0.148. The van der Waals surface area contributed by atoms with Gasteiger partial charge in [-0.15, -0.1) is 0 Å². The monoisotopic (exact) mass is 230 g/mol. The molecule has 1 unspecified atom stereocenters. The summed E-state index contributed by atoms with van der Waals surface area (Å²) >= 11 is 0. The van der Waals surface area contributed by atoms with E-state index in [-0.39, 0.29) is 6.04 Å². The topological polar surface area (TPSA) is 42.4 Å². The normalized spacial score (nSPS) is 12.4. The Morgan fingerprint density at radius 3 is 2.65 bits per heavy atom. The van der Waals surface area contributed by atoms with Gasteiger partial charge >= 0.3 is 0 Å². The second-order valence-corrected chi connectivity index (χ2v) is 4.21. The Balaban J connectivity index is 2.30. The molecule has 1 aromatic heterocycles. The van der Waals surface area contributed by atoms with Gasteiger partial charge in [0.1, 0.15) is 0 Å². The lowest BCUT2D eigenvalue weighted by Crippen LogP contribution is -2.30. The van der Waals surface area contributed by atoms with E-state index in [4.69, 9.17) is 10.2 Å². The summed E-state index contributed by atoms with van der Waals surface area (Å²) in [7, 11) is 2.06. The first-order valence-electron chi connectivity index (χ1n) is 5.74. The summed E-state index contributed by atoms with van der Waals surface area (Å²) in [6, 6.07) is 10.4. The zero-order chi connectivity index (χ0) is 12.3. The van der Waals surface area contributed by atoms with Crippen molar-refractivity contribution in [1.29, 1.82) is 0 Å². The minimum atomic E-state index is 0.148. The molecule has 0 aliphatic carbocycles. The average Bonchev–Trinajstić information content (AvgIpc) is 2.84. The number of aryl methyl sites for hydroxylation is 1. The number of furan rings is 1. The van der Waals surface area contributed by atoms with Crippen LogP contribution in [0.15, 0.2) is 47.3 Å². The van der Waals surface area contributed by atoms with E-state index < -0.39 is 0 Å². The van der Waals surface area contributed by atoms with Crippen molar-refractivity contribution in [3.63, 3.8) is 0 Å². The van der Waals surface area contributed by atoms with E-state index in [9.17, 15) is 0 Å². The van der Waals surface area contributed by atoms with Gasteiger partial charge in [0.15, 0.2) is 0 Å². The summed E-state index contributed by atoms with van der Waals surface area (Å²) in [5.74, 6) is 0. The van der Waals surface area contributed by atoms with Crippen LogP contribution in [0.5, 0.6) is 0 Å². The summed E-state index contributed by atoms with van der Waals surface area (Å²) < 4.78 is 5.13. The van der Waals surface area contributed by atoms with Crippen LogP contribution >= 0.6 is 0 Å². The molecule has 0 aliphatic rings. The first-order valence-corrected chi connectivity index (χ1v) is 5.74. The number of rotatable bonds is 4. The lowest BCUT2D eigenvalue weighted by Gasteiger charge is -2.29. The molecule has 0 saturated heterocycles. The number of hydrogen-bond donors (Lipinski definition) is 1. The van der Waals surface area contributed by atoms with Gasteiger partial charge in [-0.2, -0.15) is 0 Å². The van der Waals surface area contributed by atoms with Crippen molar-refractivity contribution in [2.24, 2.45) is 5.73 Å². The van der Waals surface area contributed by atoms with Crippen LogP contribution in [0.4, 0.5) is 5.69 Å². The van der Waals surface area contributed by atoms with Crippen LogP contribution in [0.1, 0.15) is 17.2 Å². The highest BCUT2D eigenvalue weighted by Gasteiger charge is 2.17. The lowest BCUT2D eigenvalue weighted by atomic mass is 10.1. The molecule has 2 N–H and O–H groups in total. The van der Waals surface area contributed by atoms with Gasteiger partial charge in [0.05, 0.1) is 18.6 Å². The Morgan fingerprint density at radius 2 is 2.06 bits per heavy atom. The average molecular weight is 230 g/mol. The maximum absolute atomic E-state index is 5.87. The van der Waals surface area contributed by atoms with Gasteiger partial charge in [-0.25, -0.2) is 0 Å². The molecule has 2 rings (SSSR count). The van der Waals surface area contributed by atoms with Crippen molar-refractivity contribution in [3.8, 4) is 0 Å². The van der Waals surface area contributed by atoms with Gasteiger partial charge in [0.25, 0.3) is 0 Å². The number of benzene rings is 1. The third-order valence-electron chi connectivity index (χ3n) is 3.11. The Morgan fingerprint density at radius 1 is 1.29 bits per heavy atom. The van der Waals surface area contributed by atoms with Gasteiger partial charge in [-0.3, -0.25) is 0 Å². The highest BCUT2D eigenvalue weighted by atomic mass is 16.3. The lowest BCUT2D eigenvalue weighted by molar-refractivity contribution is 0.556. The SMILES string of the molecule is Cc1ccccc1N(C)C(CN)c1ccoc1. The maximum Gasteiger partial charge on any atom is 0.0955 e. The smallest absolute Gasteiger partial charge is 0.0955 e. The largest absolute Gasteiger partial charge is 0.472 e. The first kappa shape index (κ1) is 11.7. The van der Waals surface area contributed by atoms with E-state index in [1.807, 2.05) is 18.2 Å². The van der Waals surface area contributed by atoms with Crippen molar-refractivity contribution in [2.75, 3.05) is 18.5 Å². The molecular weight excluding hydrogens is 212 g/mol. The second kappa shape index (κ2) is 5.06. The molecule has 1 atom stereocenters. The molecule has 0 radical (unpaired) electrons. The number of likely N-dealkylation sites (N-methyl/N-ethyl adjacent to an activating group) is 1. The predicted octanol–water partition coefficient (Wildman–Crippen LogP) is 2.72. The van der Waals surface area contributed by atoms with Crippen LogP contribution < -0.4 is 10.6 Å². The predicted molar refractivity (Wildman–Crippen MR) is 70.1 cm³/mol. The Labute approximate surface area is 102 Å². The molecule has 0 bridgehead atoms. The fraction of sp³-hybridized carbons (Fsp3) is 0.286. The maximum atomic E-state index is 5.87. The Bertz CT molecular complexity index is 465. The summed E-state index contributed by atoms with van der Waals surface area (Å²) in [6.45, 7) is 2.67. The highest BCUT2D eigenvalue weighted by molar-refractivity contribution is 5.54. The van der Waals surface area contributed by atoms with E-state index in [0.717, 1.165) is 5.56 Å². The van der Waals surface area contributed by atoms with Crippen molar-refractivity contribution >= 4 is 5.69 Å². The fourth-order valence-electron chi connectivity index (χ4n) is 2.11. The van der Waals surface area contributed by atoms with E-state index in [2.05, 4.69) is 31.0 Å². The van der Waals surface area contributed by atoms with Gasteiger partial charge < -0.3 is 15.1 Å². The molecule has 2 aromatic rings. The highest BCUT2D eigenvalue weighted by Crippen LogP contribution is 2.27. The van der Waals surface area contributed by atoms with Crippen LogP contribution in [0.2, 0.25) is 0 Å². The summed E-state index contributed by atoms with van der Waals surface area (Å²) in [5.41, 5.74) is 9.42. The number of nitrogens with zero attached hydrogens (tertiary/aromatic N) is 1. The number of nitrogens with two attached hydrogens (primary N) is 1. The van der Waals surface area contributed by atoms with E-state index in [1.165, 1.54) is 11.3 Å². The van der Waals surface area contributed by atoms with E-state index in [1.54, 1.807) is 12.5 Å². The third kappa shape index (κ3) is 2.34. The molecule has 3 nitrogen and oxygen atoms in total. The van der Waals surface area contributed by atoms with Gasteiger partial charge in [0.2, 0.25) is 0 Å². The number of para-hydroxylation sites is 1. The Kier molecular flexibility index (Phi) is 3.49. The molecule has 0 fully saturated rings. The van der Waals surface area contributed by atoms with Crippen molar-refractivity contribution in [3.05, 3.63) is 54.0 Å². The quantitative estimate of drug-likeness (QED) is 0.878. The van der Waals surface area contributed by atoms with Crippen LogP contribution in [-0.4, -0.2) is 13.6 Å². The van der Waals surface area contributed by atoms with E-state index >= 15 is 0 Å². The summed E-state index contributed by atoms with van der Waals surface area (Å²) in [6.07, 6.45) is 3.44. The summed E-state index contributed by atoms with van der Waals surface area (Å²) in [5, 5.41) is 0. The fourth-order valence-corrected chi connectivity index (χ4v) is 2.11. The van der Waals surface area contributed by atoms with Crippen LogP contribution in [0.25, 0.3) is 0 Å². The van der Waals surface area contributed by atoms with Gasteiger partial charge in [-0.05, 0) is 24.6 Å². The standard InChI is InChI=1S/C14H18N2O/c1-11-5-3-4-6-13(11)16(2)14(9-15)12-7-8-17-10-12/h3-8,10,14H,9,15H2,1-2H3. The van der Waals surface area contributed by atoms with Crippen molar-refractivity contribution < 1.29 is 4.42 Å². The van der Waals surface area contributed by atoms with E-state index in [0.29, 0.717) is 6.54 Å². The third-order valence-corrected chi connectivity index (χ3v) is 3.11. The number of hydrogen-bond acceptors (Lipinski definition) is 3. The molecule has 0 amide bonds. The van der Waals surface area contributed by atoms with Crippen molar-refractivity contribution in [1.82, 2.24) is 0 Å². The van der Waals surface area contributed by atoms with Crippen LogP contribution in [0, 0.1) is 6.92 Å². The second-order valence-electron chi connectivity index (χ2n) is 4.21. The summed E-state index contributed by atoms with van der Waals surface area (Å²) in [4.78, 5) is 2.19. The zero-order valence-electron chi connectivity index (χ0n) is 10.3. The molecule has 1 aromatic carbocycles. The molecule has 1 heterocycles. The van der Waals surface area contributed by atoms with Crippen LogP contribution in [-0.2, 0) is 0 Å². The molecule has 3 heteroatoms. The molecule has 0 spiro atoms.